The van der Waals surface area contributed by atoms with Gasteiger partial charge in [0.2, 0.25) is 0 Å². The summed E-state index contributed by atoms with van der Waals surface area (Å²) in [4.78, 5) is 11.0. The molecule has 0 radical (unpaired) electrons. The average Bonchev–Trinajstić information content (AvgIpc) is 2.56. The van der Waals surface area contributed by atoms with E-state index in [9.17, 15) is 4.79 Å². The molecular weight excluding hydrogens is 280 g/mol. The van der Waals surface area contributed by atoms with Crippen molar-refractivity contribution in [2.24, 2.45) is 0 Å². The van der Waals surface area contributed by atoms with Crippen LogP contribution in [0.25, 0.3) is 10.1 Å². The van der Waals surface area contributed by atoms with E-state index < -0.39 is 0 Å². The van der Waals surface area contributed by atoms with E-state index in [2.05, 4.69) is 15.9 Å². The molecule has 0 unspecified atom stereocenters. The Kier molecular flexibility index (Phi) is 2.95. The van der Waals surface area contributed by atoms with E-state index in [0.29, 0.717) is 0 Å². The number of hydrogen-bond acceptors (Lipinski definition) is 3. The van der Waals surface area contributed by atoms with E-state index in [1.807, 2.05) is 24.5 Å². The minimum absolute atomic E-state index is 0.810. The first kappa shape index (κ1) is 10.2. The quantitative estimate of drug-likeness (QED) is 0.608. The van der Waals surface area contributed by atoms with Crippen LogP contribution < -0.4 is 0 Å². The molecule has 0 aliphatic rings. The van der Waals surface area contributed by atoms with Gasteiger partial charge in [0, 0.05) is 20.1 Å². The molecule has 1 nitrogen and oxygen atoms in total. The van der Waals surface area contributed by atoms with Crippen LogP contribution in [0.5, 0.6) is 0 Å². The fraction of sp³-hybridized carbons (Fsp3) is 0.100. The van der Waals surface area contributed by atoms with E-state index in [1.54, 1.807) is 23.1 Å². The van der Waals surface area contributed by atoms with Crippen molar-refractivity contribution in [3.63, 3.8) is 0 Å². The Hall–Kier alpha value is -0.320. The fourth-order valence-corrected chi connectivity index (χ4v) is 3.98. The molecule has 2 rings (SSSR count). The zero-order valence-corrected chi connectivity index (χ0v) is 10.6. The number of carbonyl (C=O) groups excluding carboxylic acids is 1. The fourth-order valence-electron chi connectivity index (χ4n) is 1.37. The number of benzene rings is 1. The maximum Gasteiger partial charge on any atom is 0.152 e. The molecule has 0 amide bonds. The molecule has 0 saturated carbocycles. The summed E-state index contributed by atoms with van der Waals surface area (Å²) in [6.07, 6.45) is 2.93. The number of thioether (sulfide) groups is 1. The summed E-state index contributed by atoms with van der Waals surface area (Å²) in [7, 11) is 0. The SMILES string of the molecule is CSc1sc2cccc(Br)c2c1C=O. The maximum atomic E-state index is 11.0. The van der Waals surface area contributed by atoms with Crippen LogP contribution in [-0.4, -0.2) is 12.5 Å². The topological polar surface area (TPSA) is 17.1 Å². The molecule has 0 saturated heterocycles. The Morgan fingerprint density at radius 3 is 2.93 bits per heavy atom. The smallest absolute Gasteiger partial charge is 0.152 e. The molecule has 0 aliphatic heterocycles. The third-order valence-corrected chi connectivity index (χ3v) is 4.94. The van der Waals surface area contributed by atoms with Crippen LogP contribution in [0.15, 0.2) is 26.9 Å². The van der Waals surface area contributed by atoms with E-state index >= 15 is 0 Å². The molecule has 0 bridgehead atoms. The highest BCUT2D eigenvalue weighted by molar-refractivity contribution is 9.10. The van der Waals surface area contributed by atoms with Crippen molar-refractivity contribution >= 4 is 55.4 Å². The summed E-state index contributed by atoms with van der Waals surface area (Å²) in [6, 6.07) is 5.99. The van der Waals surface area contributed by atoms with Gasteiger partial charge in [-0.2, -0.15) is 0 Å². The number of aldehydes is 1. The van der Waals surface area contributed by atoms with Gasteiger partial charge in [-0.3, -0.25) is 4.79 Å². The largest absolute Gasteiger partial charge is 0.298 e. The zero-order chi connectivity index (χ0) is 10.1. The van der Waals surface area contributed by atoms with Gasteiger partial charge >= 0.3 is 0 Å². The van der Waals surface area contributed by atoms with Crippen LogP contribution in [0, 0.1) is 0 Å². The molecule has 72 valence electrons. The van der Waals surface area contributed by atoms with Gasteiger partial charge < -0.3 is 0 Å². The number of rotatable bonds is 2. The lowest BCUT2D eigenvalue weighted by Gasteiger charge is -1.94. The average molecular weight is 287 g/mol. The third kappa shape index (κ3) is 1.51. The molecule has 2 aromatic rings. The Bertz CT molecular complexity index is 490. The summed E-state index contributed by atoms with van der Waals surface area (Å²) in [5.41, 5.74) is 0.810. The number of thiophene rings is 1. The van der Waals surface area contributed by atoms with Crippen LogP contribution in [0.2, 0.25) is 0 Å². The molecule has 0 aliphatic carbocycles. The van der Waals surface area contributed by atoms with Crippen LogP contribution >= 0.6 is 39.0 Å². The van der Waals surface area contributed by atoms with Crippen molar-refractivity contribution in [3.8, 4) is 0 Å². The highest BCUT2D eigenvalue weighted by Gasteiger charge is 2.12. The predicted molar refractivity (Wildman–Crippen MR) is 66.7 cm³/mol. The number of fused-ring (bicyclic) bond motifs is 1. The minimum Gasteiger partial charge on any atom is -0.298 e. The van der Waals surface area contributed by atoms with Crippen LogP contribution in [0.1, 0.15) is 10.4 Å². The summed E-state index contributed by atoms with van der Waals surface area (Å²) in [5.74, 6) is 0. The molecular formula is C10H7BrOS2. The standard InChI is InChI=1S/C10H7BrOS2/c1-13-10-6(5-12)9-7(11)3-2-4-8(9)14-10/h2-5H,1H3. The van der Waals surface area contributed by atoms with Crippen molar-refractivity contribution in [2.75, 3.05) is 6.26 Å². The lowest BCUT2D eigenvalue weighted by molar-refractivity contribution is 0.112. The highest BCUT2D eigenvalue weighted by atomic mass is 79.9. The summed E-state index contributed by atoms with van der Waals surface area (Å²) in [5, 5.41) is 1.04. The van der Waals surface area contributed by atoms with Gasteiger partial charge in [-0.1, -0.05) is 22.0 Å². The first-order chi connectivity index (χ1) is 6.77. The van der Waals surface area contributed by atoms with E-state index in [4.69, 9.17) is 0 Å². The highest BCUT2D eigenvalue weighted by Crippen LogP contribution is 2.39. The second kappa shape index (κ2) is 4.04. The molecule has 0 atom stereocenters. The number of halogens is 1. The Morgan fingerprint density at radius 2 is 2.29 bits per heavy atom. The van der Waals surface area contributed by atoms with E-state index in [1.165, 1.54) is 0 Å². The summed E-state index contributed by atoms with van der Waals surface area (Å²) >= 11 is 6.75. The Morgan fingerprint density at radius 1 is 1.50 bits per heavy atom. The molecule has 0 fully saturated rings. The van der Waals surface area contributed by atoms with Crippen LogP contribution in [0.4, 0.5) is 0 Å². The van der Waals surface area contributed by atoms with Gasteiger partial charge in [0.25, 0.3) is 0 Å². The van der Waals surface area contributed by atoms with Gasteiger partial charge in [-0.15, -0.1) is 23.1 Å². The maximum absolute atomic E-state index is 11.0. The second-order valence-corrected chi connectivity index (χ2v) is 5.72. The Labute approximate surface area is 98.6 Å². The predicted octanol–water partition coefficient (Wildman–Crippen LogP) is 4.20. The van der Waals surface area contributed by atoms with Crippen LogP contribution in [-0.2, 0) is 0 Å². The number of hydrogen-bond donors (Lipinski definition) is 0. The molecule has 0 spiro atoms. The van der Waals surface area contributed by atoms with Gasteiger partial charge in [0.1, 0.15) is 0 Å². The van der Waals surface area contributed by atoms with Crippen molar-refractivity contribution in [2.45, 2.75) is 4.21 Å². The molecule has 14 heavy (non-hydrogen) atoms. The minimum atomic E-state index is 0.810. The monoisotopic (exact) mass is 286 g/mol. The van der Waals surface area contributed by atoms with Crippen LogP contribution in [0.3, 0.4) is 0 Å². The normalized spacial score (nSPS) is 10.7. The van der Waals surface area contributed by atoms with Gasteiger partial charge in [-0.05, 0) is 18.4 Å². The van der Waals surface area contributed by atoms with E-state index in [-0.39, 0.29) is 0 Å². The van der Waals surface area contributed by atoms with Crippen molar-refractivity contribution in [3.05, 3.63) is 28.2 Å². The lowest BCUT2D eigenvalue weighted by Crippen LogP contribution is -1.79. The van der Waals surface area contributed by atoms with Gasteiger partial charge in [-0.25, -0.2) is 0 Å². The molecule has 4 heteroatoms. The van der Waals surface area contributed by atoms with Crippen molar-refractivity contribution in [1.82, 2.24) is 0 Å². The van der Waals surface area contributed by atoms with Crippen molar-refractivity contribution in [1.29, 1.82) is 0 Å². The van der Waals surface area contributed by atoms with Gasteiger partial charge in [0.05, 0.1) is 4.21 Å². The van der Waals surface area contributed by atoms with Crippen molar-refractivity contribution < 1.29 is 4.79 Å². The summed E-state index contributed by atoms with van der Waals surface area (Å²) < 4.78 is 3.24. The summed E-state index contributed by atoms with van der Waals surface area (Å²) in [6.45, 7) is 0. The first-order valence-electron chi connectivity index (χ1n) is 3.98. The molecule has 1 aromatic heterocycles. The second-order valence-electron chi connectivity index (χ2n) is 2.74. The first-order valence-corrected chi connectivity index (χ1v) is 6.81. The third-order valence-electron chi connectivity index (χ3n) is 1.97. The zero-order valence-electron chi connectivity index (χ0n) is 7.41. The number of carbonyl (C=O) groups is 1. The lowest BCUT2D eigenvalue weighted by atomic mass is 10.2. The molecule has 0 N–H and O–H groups in total. The van der Waals surface area contributed by atoms with Gasteiger partial charge in [0.15, 0.2) is 6.29 Å². The molecule has 1 heterocycles. The Balaban J connectivity index is 2.88. The van der Waals surface area contributed by atoms with E-state index in [0.717, 1.165) is 30.6 Å². The molecule has 1 aromatic carbocycles.